The maximum absolute atomic E-state index is 5.67. The highest BCUT2D eigenvalue weighted by atomic mass is 16.5. The fourth-order valence-electron chi connectivity index (χ4n) is 1.92. The lowest BCUT2D eigenvalue weighted by Crippen LogP contribution is -2.51. The van der Waals surface area contributed by atoms with Gasteiger partial charge in [-0.25, -0.2) is 0 Å². The van der Waals surface area contributed by atoms with E-state index in [9.17, 15) is 0 Å². The molecular formula is C11H24N2O2. The molecule has 4 nitrogen and oxygen atoms in total. The van der Waals surface area contributed by atoms with Crippen LogP contribution in [0.2, 0.25) is 0 Å². The molecule has 2 N–H and O–H groups in total. The Hall–Kier alpha value is -0.160. The number of nitrogens with two attached hydrogens (primary N) is 1. The summed E-state index contributed by atoms with van der Waals surface area (Å²) in [5, 5.41) is 0. The highest BCUT2D eigenvalue weighted by Crippen LogP contribution is 2.12. The monoisotopic (exact) mass is 216 g/mol. The molecule has 0 aromatic carbocycles. The summed E-state index contributed by atoms with van der Waals surface area (Å²) in [4.78, 5) is 2.40. The second kappa shape index (κ2) is 6.43. The number of ether oxygens (including phenoxy) is 2. The van der Waals surface area contributed by atoms with E-state index in [0.717, 1.165) is 26.3 Å². The van der Waals surface area contributed by atoms with Gasteiger partial charge < -0.3 is 15.2 Å². The maximum atomic E-state index is 5.67. The van der Waals surface area contributed by atoms with E-state index in [1.807, 2.05) is 6.92 Å². The third kappa shape index (κ3) is 4.07. The van der Waals surface area contributed by atoms with E-state index in [2.05, 4.69) is 18.7 Å². The van der Waals surface area contributed by atoms with Crippen molar-refractivity contribution in [2.45, 2.75) is 39.0 Å². The van der Waals surface area contributed by atoms with Crippen LogP contribution in [-0.2, 0) is 9.47 Å². The van der Waals surface area contributed by atoms with Crippen molar-refractivity contribution in [3.8, 4) is 0 Å². The summed E-state index contributed by atoms with van der Waals surface area (Å²) in [6.45, 7) is 10.3. The summed E-state index contributed by atoms with van der Waals surface area (Å²) in [5.41, 5.74) is 5.67. The molecule has 1 rings (SSSR count). The Morgan fingerprint density at radius 3 is 2.87 bits per heavy atom. The Balaban J connectivity index is 2.39. The normalized spacial score (nSPS) is 30.4. The zero-order chi connectivity index (χ0) is 11.3. The van der Waals surface area contributed by atoms with Gasteiger partial charge in [0.15, 0.2) is 0 Å². The SMILES string of the molecule is CCOC(CN)CN1CC(C)OCC1C. The summed E-state index contributed by atoms with van der Waals surface area (Å²) in [7, 11) is 0. The van der Waals surface area contributed by atoms with E-state index in [-0.39, 0.29) is 6.10 Å². The van der Waals surface area contributed by atoms with Gasteiger partial charge in [0.25, 0.3) is 0 Å². The van der Waals surface area contributed by atoms with Gasteiger partial charge in [0.1, 0.15) is 0 Å². The molecule has 0 radical (unpaired) electrons. The molecule has 90 valence electrons. The van der Waals surface area contributed by atoms with Crippen molar-refractivity contribution in [2.75, 3.05) is 32.8 Å². The van der Waals surface area contributed by atoms with Gasteiger partial charge in [-0.15, -0.1) is 0 Å². The molecule has 0 aromatic rings. The molecule has 1 aliphatic rings. The maximum Gasteiger partial charge on any atom is 0.0823 e. The van der Waals surface area contributed by atoms with Crippen molar-refractivity contribution in [3.05, 3.63) is 0 Å². The number of morpholine rings is 1. The van der Waals surface area contributed by atoms with E-state index >= 15 is 0 Å². The van der Waals surface area contributed by atoms with Crippen LogP contribution in [0.15, 0.2) is 0 Å². The molecule has 3 unspecified atom stereocenters. The topological polar surface area (TPSA) is 47.7 Å². The number of hydrogen-bond donors (Lipinski definition) is 1. The molecule has 4 heteroatoms. The third-order valence-electron chi connectivity index (χ3n) is 2.84. The Morgan fingerprint density at radius 2 is 2.27 bits per heavy atom. The minimum absolute atomic E-state index is 0.155. The van der Waals surface area contributed by atoms with Crippen molar-refractivity contribution in [1.82, 2.24) is 4.90 Å². The second-order valence-electron chi connectivity index (χ2n) is 4.26. The molecule has 0 bridgehead atoms. The molecule has 0 saturated carbocycles. The molecule has 1 fully saturated rings. The molecular weight excluding hydrogens is 192 g/mol. The van der Waals surface area contributed by atoms with Gasteiger partial charge in [-0.05, 0) is 20.8 Å². The van der Waals surface area contributed by atoms with Gasteiger partial charge in [-0.1, -0.05) is 0 Å². The second-order valence-corrected chi connectivity index (χ2v) is 4.26. The van der Waals surface area contributed by atoms with Crippen molar-refractivity contribution >= 4 is 0 Å². The van der Waals surface area contributed by atoms with Gasteiger partial charge in [-0.2, -0.15) is 0 Å². The number of rotatable bonds is 5. The lowest BCUT2D eigenvalue weighted by Gasteiger charge is -2.38. The van der Waals surface area contributed by atoms with Gasteiger partial charge in [0, 0.05) is 32.3 Å². The van der Waals surface area contributed by atoms with Crippen LogP contribution in [0.25, 0.3) is 0 Å². The molecule has 1 saturated heterocycles. The third-order valence-corrected chi connectivity index (χ3v) is 2.84. The predicted molar refractivity (Wildman–Crippen MR) is 60.9 cm³/mol. The summed E-state index contributed by atoms with van der Waals surface area (Å²) in [6.07, 6.45) is 0.476. The molecule has 0 aliphatic carbocycles. The Kier molecular flexibility index (Phi) is 5.53. The summed E-state index contributed by atoms with van der Waals surface area (Å²) >= 11 is 0. The van der Waals surface area contributed by atoms with Crippen LogP contribution >= 0.6 is 0 Å². The largest absolute Gasteiger partial charge is 0.376 e. The van der Waals surface area contributed by atoms with Crippen LogP contribution in [0.5, 0.6) is 0 Å². The molecule has 15 heavy (non-hydrogen) atoms. The molecule has 0 amide bonds. The standard InChI is InChI=1S/C11H24N2O2/c1-4-14-11(5-12)7-13-6-10(3)15-8-9(13)2/h9-11H,4-8,12H2,1-3H3. The lowest BCUT2D eigenvalue weighted by molar-refractivity contribution is -0.0682. The number of hydrogen-bond acceptors (Lipinski definition) is 4. The predicted octanol–water partition coefficient (Wildman–Crippen LogP) is 0.459. The molecule has 1 aliphatic heterocycles. The zero-order valence-electron chi connectivity index (χ0n) is 10.1. The van der Waals surface area contributed by atoms with E-state index in [0.29, 0.717) is 18.7 Å². The van der Waals surface area contributed by atoms with E-state index < -0.39 is 0 Å². The quantitative estimate of drug-likeness (QED) is 0.725. The van der Waals surface area contributed by atoms with Gasteiger partial charge in [0.05, 0.1) is 18.8 Å². The van der Waals surface area contributed by atoms with Gasteiger partial charge in [-0.3, -0.25) is 4.90 Å². The number of nitrogens with zero attached hydrogens (tertiary/aromatic N) is 1. The van der Waals surface area contributed by atoms with Gasteiger partial charge >= 0.3 is 0 Å². The zero-order valence-corrected chi connectivity index (χ0v) is 10.1. The highest BCUT2D eigenvalue weighted by molar-refractivity contribution is 4.78. The van der Waals surface area contributed by atoms with Crippen LogP contribution in [0.3, 0.4) is 0 Å². The summed E-state index contributed by atoms with van der Waals surface area (Å²) < 4.78 is 11.2. The average Bonchev–Trinajstić information content (AvgIpc) is 2.22. The first-order valence-electron chi connectivity index (χ1n) is 5.84. The van der Waals surface area contributed by atoms with Gasteiger partial charge in [0.2, 0.25) is 0 Å². The van der Waals surface area contributed by atoms with E-state index in [1.54, 1.807) is 0 Å². The summed E-state index contributed by atoms with van der Waals surface area (Å²) in [6, 6.07) is 0.468. The lowest BCUT2D eigenvalue weighted by atomic mass is 10.2. The fourth-order valence-corrected chi connectivity index (χ4v) is 1.92. The Bertz CT molecular complexity index is 178. The Labute approximate surface area is 92.7 Å². The van der Waals surface area contributed by atoms with Crippen LogP contribution in [0.4, 0.5) is 0 Å². The minimum atomic E-state index is 0.155. The van der Waals surface area contributed by atoms with Crippen molar-refractivity contribution in [2.24, 2.45) is 5.73 Å². The molecule has 0 spiro atoms. The van der Waals surface area contributed by atoms with Crippen LogP contribution in [0.1, 0.15) is 20.8 Å². The first-order valence-corrected chi connectivity index (χ1v) is 5.84. The van der Waals surface area contributed by atoms with Crippen LogP contribution < -0.4 is 5.73 Å². The van der Waals surface area contributed by atoms with Crippen LogP contribution in [-0.4, -0.2) is 56.0 Å². The molecule has 3 atom stereocenters. The highest BCUT2D eigenvalue weighted by Gasteiger charge is 2.25. The van der Waals surface area contributed by atoms with Crippen molar-refractivity contribution in [1.29, 1.82) is 0 Å². The van der Waals surface area contributed by atoms with Crippen molar-refractivity contribution < 1.29 is 9.47 Å². The summed E-state index contributed by atoms with van der Waals surface area (Å²) in [5.74, 6) is 0. The average molecular weight is 216 g/mol. The first kappa shape index (κ1) is 12.9. The van der Waals surface area contributed by atoms with E-state index in [4.69, 9.17) is 15.2 Å². The van der Waals surface area contributed by atoms with E-state index in [1.165, 1.54) is 0 Å². The molecule has 1 heterocycles. The fraction of sp³-hybridized carbons (Fsp3) is 1.00. The first-order chi connectivity index (χ1) is 7.17. The van der Waals surface area contributed by atoms with Crippen LogP contribution in [0, 0.1) is 0 Å². The van der Waals surface area contributed by atoms with Crippen molar-refractivity contribution in [3.63, 3.8) is 0 Å². The smallest absolute Gasteiger partial charge is 0.0823 e. The Morgan fingerprint density at radius 1 is 1.53 bits per heavy atom. The minimum Gasteiger partial charge on any atom is -0.376 e. The molecule has 0 aromatic heterocycles.